The van der Waals surface area contributed by atoms with Crippen molar-refractivity contribution < 1.29 is 4.79 Å². The molecule has 1 aliphatic carbocycles. The van der Waals surface area contributed by atoms with Gasteiger partial charge in [-0.2, -0.15) is 0 Å². The number of halogens is 1. The van der Waals surface area contributed by atoms with Crippen LogP contribution in [0.15, 0.2) is 36.5 Å². The number of fused-ring (bicyclic) bond motifs is 2. The van der Waals surface area contributed by atoms with Gasteiger partial charge in [0.1, 0.15) is 5.54 Å². The molecule has 2 heterocycles. The lowest BCUT2D eigenvalue weighted by Gasteiger charge is -2.38. The van der Waals surface area contributed by atoms with Crippen LogP contribution in [0.3, 0.4) is 0 Å². The van der Waals surface area contributed by atoms with Gasteiger partial charge in [-0.1, -0.05) is 23.7 Å². The first-order valence-electron chi connectivity index (χ1n) is 7.87. The van der Waals surface area contributed by atoms with Gasteiger partial charge in [0.15, 0.2) is 5.11 Å². The summed E-state index contributed by atoms with van der Waals surface area (Å²) < 4.78 is 0. The number of hydrogen-bond acceptors (Lipinski definition) is 3. The van der Waals surface area contributed by atoms with E-state index in [4.69, 9.17) is 23.8 Å². The first-order valence-corrected chi connectivity index (χ1v) is 8.65. The number of benzene rings is 1. The number of aromatic nitrogens is 1. The number of rotatable bonds is 1. The Labute approximate surface area is 150 Å². The molecule has 6 heteroatoms. The molecular formula is C18H16ClN3OS. The quantitative estimate of drug-likeness (QED) is 0.795. The van der Waals surface area contributed by atoms with Crippen LogP contribution in [0.2, 0.25) is 5.02 Å². The number of nitrogens with one attached hydrogen (secondary N) is 1. The van der Waals surface area contributed by atoms with Crippen LogP contribution in [0.5, 0.6) is 0 Å². The zero-order chi connectivity index (χ0) is 16.9. The van der Waals surface area contributed by atoms with Crippen molar-refractivity contribution in [1.29, 1.82) is 0 Å². The van der Waals surface area contributed by atoms with Gasteiger partial charge in [0.2, 0.25) is 0 Å². The van der Waals surface area contributed by atoms with Crippen molar-refractivity contribution in [3.05, 3.63) is 52.7 Å². The van der Waals surface area contributed by atoms with E-state index in [2.05, 4.69) is 10.3 Å². The van der Waals surface area contributed by atoms with Gasteiger partial charge in [-0.15, -0.1) is 0 Å². The Morgan fingerprint density at radius 2 is 2.21 bits per heavy atom. The van der Waals surface area contributed by atoms with Crippen LogP contribution >= 0.6 is 23.8 Å². The van der Waals surface area contributed by atoms with Gasteiger partial charge >= 0.3 is 0 Å². The lowest BCUT2D eigenvalue weighted by Crippen LogP contribution is -2.47. The summed E-state index contributed by atoms with van der Waals surface area (Å²) in [4.78, 5) is 19.2. The van der Waals surface area contributed by atoms with Crippen molar-refractivity contribution >= 4 is 34.8 Å². The monoisotopic (exact) mass is 357 g/mol. The summed E-state index contributed by atoms with van der Waals surface area (Å²) in [6.07, 6.45) is 4.50. The minimum atomic E-state index is -0.721. The molecule has 1 fully saturated rings. The van der Waals surface area contributed by atoms with E-state index in [1.165, 1.54) is 0 Å². The van der Waals surface area contributed by atoms with Crippen LogP contribution in [0, 0.1) is 0 Å². The van der Waals surface area contributed by atoms with Gasteiger partial charge < -0.3 is 10.2 Å². The van der Waals surface area contributed by atoms with Gasteiger partial charge in [-0.25, -0.2) is 0 Å². The molecule has 24 heavy (non-hydrogen) atoms. The zero-order valence-electron chi connectivity index (χ0n) is 13.2. The van der Waals surface area contributed by atoms with Crippen LogP contribution in [0.1, 0.15) is 24.0 Å². The third-order valence-electron chi connectivity index (χ3n) is 5.01. The fourth-order valence-corrected chi connectivity index (χ4v) is 4.18. The summed E-state index contributed by atoms with van der Waals surface area (Å²) in [5.41, 5.74) is 3.14. The SMILES string of the molecule is CN1C(=S)NC(=O)C12CCCc1cnc(-c3cccc(Cl)c3)cc12. The summed E-state index contributed by atoms with van der Waals surface area (Å²) in [6.45, 7) is 0. The maximum atomic E-state index is 12.8. The molecule has 2 aliphatic rings. The number of carbonyl (C=O) groups excluding carboxylic acids is 1. The van der Waals surface area contributed by atoms with E-state index < -0.39 is 5.54 Å². The molecule has 1 spiro atoms. The first-order chi connectivity index (χ1) is 11.5. The molecule has 1 aromatic carbocycles. The molecule has 1 saturated heterocycles. The molecule has 0 saturated carbocycles. The topological polar surface area (TPSA) is 45.2 Å². The highest BCUT2D eigenvalue weighted by atomic mass is 35.5. The van der Waals surface area contributed by atoms with Crippen LogP contribution < -0.4 is 5.32 Å². The summed E-state index contributed by atoms with van der Waals surface area (Å²) in [5, 5.41) is 3.96. The van der Waals surface area contributed by atoms with Crippen LogP contribution in [0.4, 0.5) is 0 Å². The smallest absolute Gasteiger partial charge is 0.256 e. The summed E-state index contributed by atoms with van der Waals surface area (Å²) in [7, 11) is 1.88. The first kappa shape index (κ1) is 15.5. The molecule has 1 N–H and O–H groups in total. The van der Waals surface area contributed by atoms with Crippen molar-refractivity contribution in [2.24, 2.45) is 0 Å². The van der Waals surface area contributed by atoms with Crippen molar-refractivity contribution in [3.8, 4) is 11.3 Å². The summed E-state index contributed by atoms with van der Waals surface area (Å²) in [5.74, 6) is -0.0424. The molecule has 1 unspecified atom stereocenters. The normalized spacial score (nSPS) is 22.7. The molecule has 1 aliphatic heterocycles. The predicted molar refractivity (Wildman–Crippen MR) is 97.8 cm³/mol. The van der Waals surface area contributed by atoms with Crippen LogP contribution in [-0.2, 0) is 16.8 Å². The maximum absolute atomic E-state index is 12.8. The van der Waals surface area contributed by atoms with E-state index in [9.17, 15) is 4.79 Å². The minimum absolute atomic E-state index is 0.0424. The number of aryl methyl sites for hydroxylation is 1. The molecule has 2 aromatic rings. The number of likely N-dealkylation sites (N-methyl/N-ethyl adjacent to an activating group) is 1. The van der Waals surface area contributed by atoms with E-state index in [1.807, 2.05) is 48.5 Å². The Morgan fingerprint density at radius 1 is 1.38 bits per heavy atom. The number of carbonyl (C=O) groups is 1. The number of pyridine rings is 1. The Hall–Kier alpha value is -1.98. The number of hydrogen-bond donors (Lipinski definition) is 1. The Morgan fingerprint density at radius 3 is 2.92 bits per heavy atom. The van der Waals surface area contributed by atoms with E-state index in [1.54, 1.807) is 0 Å². The van der Waals surface area contributed by atoms with Crippen LogP contribution in [-0.4, -0.2) is 28.0 Å². The van der Waals surface area contributed by atoms with Gasteiger partial charge in [-0.05, 0) is 60.8 Å². The number of nitrogens with zero attached hydrogens (tertiary/aromatic N) is 2. The van der Waals surface area contributed by atoms with E-state index in [0.29, 0.717) is 10.1 Å². The Kier molecular flexibility index (Phi) is 3.58. The molecular weight excluding hydrogens is 342 g/mol. The second kappa shape index (κ2) is 5.53. The van der Waals surface area contributed by atoms with Gasteiger partial charge in [0.25, 0.3) is 5.91 Å². The molecule has 1 atom stereocenters. The van der Waals surface area contributed by atoms with Crippen molar-refractivity contribution in [2.75, 3.05) is 7.05 Å². The lowest BCUT2D eigenvalue weighted by molar-refractivity contribution is -0.127. The minimum Gasteiger partial charge on any atom is -0.334 e. The fraction of sp³-hybridized carbons (Fsp3) is 0.278. The van der Waals surface area contributed by atoms with Crippen LogP contribution in [0.25, 0.3) is 11.3 Å². The maximum Gasteiger partial charge on any atom is 0.256 e. The Bertz CT molecular complexity index is 869. The molecule has 4 nitrogen and oxygen atoms in total. The molecule has 1 aromatic heterocycles. The molecule has 0 bridgehead atoms. The van der Waals surface area contributed by atoms with E-state index in [0.717, 1.165) is 41.6 Å². The molecule has 1 amide bonds. The van der Waals surface area contributed by atoms with E-state index in [-0.39, 0.29) is 5.91 Å². The fourth-order valence-electron chi connectivity index (χ4n) is 3.74. The second-order valence-corrected chi connectivity index (χ2v) is 7.09. The standard InChI is InChI=1S/C18H16ClN3OS/c1-22-17(24)21-16(23)18(22)7-3-5-12-10-20-15(9-14(12)18)11-4-2-6-13(19)8-11/h2,4,6,8-10H,3,5,7H2,1H3,(H,21,23,24). The van der Waals surface area contributed by atoms with E-state index >= 15 is 0 Å². The van der Waals surface area contributed by atoms with Gasteiger partial charge in [0, 0.05) is 23.8 Å². The summed E-state index contributed by atoms with van der Waals surface area (Å²) in [6, 6.07) is 9.61. The molecule has 0 radical (unpaired) electrons. The average molecular weight is 358 g/mol. The Balaban J connectivity index is 1.90. The average Bonchev–Trinajstić information content (AvgIpc) is 2.79. The zero-order valence-corrected chi connectivity index (χ0v) is 14.7. The van der Waals surface area contributed by atoms with Gasteiger partial charge in [0.05, 0.1) is 5.69 Å². The lowest BCUT2D eigenvalue weighted by atomic mass is 9.76. The van der Waals surface area contributed by atoms with Gasteiger partial charge in [-0.3, -0.25) is 9.78 Å². The highest BCUT2D eigenvalue weighted by Gasteiger charge is 2.52. The van der Waals surface area contributed by atoms with Crippen molar-refractivity contribution in [2.45, 2.75) is 24.8 Å². The van der Waals surface area contributed by atoms with Crippen molar-refractivity contribution in [1.82, 2.24) is 15.2 Å². The highest BCUT2D eigenvalue weighted by Crippen LogP contribution is 2.43. The highest BCUT2D eigenvalue weighted by molar-refractivity contribution is 7.80. The largest absolute Gasteiger partial charge is 0.334 e. The summed E-state index contributed by atoms with van der Waals surface area (Å²) >= 11 is 11.4. The third-order valence-corrected chi connectivity index (χ3v) is 5.62. The number of thiocarbonyl (C=S) groups is 1. The second-order valence-electron chi connectivity index (χ2n) is 6.27. The number of amides is 1. The molecule has 122 valence electrons. The third kappa shape index (κ3) is 2.15. The van der Waals surface area contributed by atoms with Crippen molar-refractivity contribution in [3.63, 3.8) is 0 Å². The molecule has 4 rings (SSSR count). The predicted octanol–water partition coefficient (Wildman–Crippen LogP) is 3.28.